The Morgan fingerprint density at radius 2 is 1.79 bits per heavy atom. The lowest BCUT2D eigenvalue weighted by Gasteiger charge is -2.23. The number of anilines is 1. The Labute approximate surface area is 176 Å². The average molecular weight is 419 g/mol. The second-order valence-electron chi connectivity index (χ2n) is 7.51. The van der Waals surface area contributed by atoms with Gasteiger partial charge < -0.3 is 10.6 Å². The second kappa shape index (κ2) is 8.11. The van der Waals surface area contributed by atoms with E-state index in [9.17, 15) is 4.79 Å². The maximum Gasteiger partial charge on any atom is 0.228 e. The van der Waals surface area contributed by atoms with Crippen molar-refractivity contribution < 1.29 is 4.79 Å². The fourth-order valence-corrected chi connectivity index (χ4v) is 4.30. The molecule has 5 nitrogen and oxygen atoms in total. The van der Waals surface area contributed by atoms with Gasteiger partial charge in [-0.05, 0) is 74.2 Å². The number of hydrogen-bond donors (Lipinski definition) is 2. The first-order valence-electron chi connectivity index (χ1n) is 9.29. The molecule has 0 bridgehead atoms. The van der Waals surface area contributed by atoms with Crippen molar-refractivity contribution in [1.29, 1.82) is 0 Å². The van der Waals surface area contributed by atoms with Crippen LogP contribution in [-0.4, -0.2) is 28.5 Å². The number of halogens is 2. The summed E-state index contributed by atoms with van der Waals surface area (Å²) in [6, 6.07) is 16.1. The summed E-state index contributed by atoms with van der Waals surface area (Å²) in [5.74, 6) is 0.356. The predicted molar refractivity (Wildman–Crippen MR) is 117 cm³/mol. The second-order valence-corrected chi connectivity index (χ2v) is 7.51. The summed E-state index contributed by atoms with van der Waals surface area (Å²) in [6.07, 6.45) is 5.12. The van der Waals surface area contributed by atoms with Crippen molar-refractivity contribution >= 4 is 47.4 Å². The van der Waals surface area contributed by atoms with E-state index in [1.807, 2.05) is 48.8 Å². The van der Waals surface area contributed by atoms with E-state index in [-0.39, 0.29) is 42.1 Å². The van der Waals surface area contributed by atoms with Gasteiger partial charge in [0.2, 0.25) is 5.91 Å². The number of amides is 1. The van der Waals surface area contributed by atoms with Gasteiger partial charge in [-0.3, -0.25) is 9.36 Å². The number of carbonyl (C=O) groups excluding carboxylic acids is 1. The van der Waals surface area contributed by atoms with Gasteiger partial charge in [0, 0.05) is 17.3 Å². The SMILES string of the molecule is Cl.Cl.O=C(Nc1ccc(-n2cnc3ccccc32)cc1)C1CC12CCNCC2. The van der Waals surface area contributed by atoms with Crippen molar-refractivity contribution in [2.45, 2.75) is 19.3 Å². The fourth-order valence-electron chi connectivity index (χ4n) is 4.30. The molecule has 2 N–H and O–H groups in total. The molecule has 1 unspecified atom stereocenters. The minimum Gasteiger partial charge on any atom is -0.326 e. The summed E-state index contributed by atoms with van der Waals surface area (Å²) in [7, 11) is 0. The van der Waals surface area contributed by atoms with Crippen LogP contribution in [0.5, 0.6) is 0 Å². The van der Waals surface area contributed by atoms with Crippen LogP contribution in [0.15, 0.2) is 54.9 Å². The van der Waals surface area contributed by atoms with Gasteiger partial charge in [0.1, 0.15) is 6.33 Å². The molecule has 3 aromatic rings. The highest BCUT2D eigenvalue weighted by Gasteiger charge is 2.57. The number of carbonyl (C=O) groups is 1. The quantitative estimate of drug-likeness (QED) is 0.669. The molecule has 2 fully saturated rings. The molecule has 1 amide bonds. The zero-order valence-corrected chi connectivity index (χ0v) is 17.1. The number of nitrogens with zero attached hydrogens (tertiary/aromatic N) is 2. The molecular weight excluding hydrogens is 395 g/mol. The average Bonchev–Trinajstić information content (AvgIpc) is 3.20. The topological polar surface area (TPSA) is 59.0 Å². The van der Waals surface area contributed by atoms with Gasteiger partial charge in [-0.15, -0.1) is 24.8 Å². The first kappa shape index (κ1) is 20.6. The fraction of sp³-hybridized carbons (Fsp3) is 0.333. The molecule has 148 valence electrons. The largest absolute Gasteiger partial charge is 0.326 e. The zero-order valence-electron chi connectivity index (χ0n) is 15.4. The molecule has 5 rings (SSSR count). The lowest BCUT2D eigenvalue weighted by Crippen LogP contribution is -2.31. The van der Waals surface area contributed by atoms with Crippen molar-refractivity contribution in [3.63, 3.8) is 0 Å². The number of fused-ring (bicyclic) bond motifs is 1. The van der Waals surface area contributed by atoms with Crippen LogP contribution in [-0.2, 0) is 4.79 Å². The first-order chi connectivity index (χ1) is 12.8. The monoisotopic (exact) mass is 418 g/mol. The lowest BCUT2D eigenvalue weighted by atomic mass is 9.92. The number of aromatic nitrogens is 2. The standard InChI is InChI=1S/C21H22N4O.2ClH/c26-20(17-13-21(17)9-11-22-12-10-21)24-15-5-7-16(8-6-15)25-14-23-18-3-1-2-4-19(18)25;;/h1-8,14,17,22H,9-13H2,(H,24,26);2*1H. The molecule has 1 spiro atoms. The highest BCUT2D eigenvalue weighted by atomic mass is 35.5. The predicted octanol–water partition coefficient (Wildman–Crippen LogP) is 4.20. The Bertz CT molecular complexity index is 964. The minimum atomic E-state index is 0. The molecule has 1 aromatic heterocycles. The van der Waals surface area contributed by atoms with Crippen LogP contribution in [0.3, 0.4) is 0 Å². The molecule has 2 aromatic carbocycles. The number of para-hydroxylation sites is 2. The Morgan fingerprint density at radius 3 is 2.54 bits per heavy atom. The maximum absolute atomic E-state index is 12.6. The van der Waals surface area contributed by atoms with Crippen molar-refractivity contribution in [1.82, 2.24) is 14.9 Å². The summed E-state index contributed by atoms with van der Waals surface area (Å²) in [6.45, 7) is 2.08. The molecule has 1 aliphatic heterocycles. The molecule has 0 radical (unpaired) electrons. The molecule has 2 heterocycles. The molecule has 1 saturated heterocycles. The maximum atomic E-state index is 12.6. The number of imidazole rings is 1. The number of rotatable bonds is 3. The molecule has 28 heavy (non-hydrogen) atoms. The molecule has 2 aliphatic rings. The highest BCUT2D eigenvalue weighted by Crippen LogP contribution is 2.58. The van der Waals surface area contributed by atoms with Gasteiger partial charge in [-0.2, -0.15) is 0 Å². The Balaban J connectivity index is 0.00000112. The third-order valence-electron chi connectivity index (χ3n) is 5.97. The number of piperidine rings is 1. The Morgan fingerprint density at radius 1 is 1.07 bits per heavy atom. The van der Waals surface area contributed by atoms with E-state index in [1.54, 1.807) is 0 Å². The Kier molecular flexibility index (Phi) is 5.98. The van der Waals surface area contributed by atoms with Crippen LogP contribution in [0, 0.1) is 11.3 Å². The highest BCUT2D eigenvalue weighted by molar-refractivity contribution is 5.95. The van der Waals surface area contributed by atoms with E-state index < -0.39 is 0 Å². The van der Waals surface area contributed by atoms with Crippen LogP contribution in [0.1, 0.15) is 19.3 Å². The molecule has 1 aliphatic carbocycles. The van der Waals surface area contributed by atoms with Gasteiger partial charge >= 0.3 is 0 Å². The van der Waals surface area contributed by atoms with Crippen LogP contribution in [0.25, 0.3) is 16.7 Å². The summed E-state index contributed by atoms with van der Waals surface area (Å²) >= 11 is 0. The van der Waals surface area contributed by atoms with E-state index in [0.717, 1.165) is 54.8 Å². The minimum absolute atomic E-state index is 0. The summed E-state index contributed by atoms with van der Waals surface area (Å²) in [5, 5.41) is 6.48. The third kappa shape index (κ3) is 3.62. The van der Waals surface area contributed by atoms with E-state index >= 15 is 0 Å². The molecule has 1 atom stereocenters. The van der Waals surface area contributed by atoms with Crippen molar-refractivity contribution in [2.24, 2.45) is 11.3 Å². The van der Waals surface area contributed by atoms with Gasteiger partial charge in [0.05, 0.1) is 11.0 Å². The summed E-state index contributed by atoms with van der Waals surface area (Å²) in [5.41, 5.74) is 4.23. The van der Waals surface area contributed by atoms with E-state index in [1.165, 1.54) is 0 Å². The normalized spacial score (nSPS) is 19.5. The van der Waals surface area contributed by atoms with Crippen LogP contribution in [0.4, 0.5) is 5.69 Å². The van der Waals surface area contributed by atoms with Crippen LogP contribution >= 0.6 is 24.8 Å². The van der Waals surface area contributed by atoms with Gasteiger partial charge in [-0.25, -0.2) is 4.98 Å². The van der Waals surface area contributed by atoms with E-state index in [0.29, 0.717) is 0 Å². The smallest absolute Gasteiger partial charge is 0.228 e. The van der Waals surface area contributed by atoms with Crippen molar-refractivity contribution in [3.8, 4) is 5.69 Å². The van der Waals surface area contributed by atoms with Crippen LogP contribution < -0.4 is 10.6 Å². The summed E-state index contributed by atoms with van der Waals surface area (Å²) < 4.78 is 2.06. The van der Waals surface area contributed by atoms with E-state index in [2.05, 4.69) is 26.3 Å². The van der Waals surface area contributed by atoms with Gasteiger partial charge in [-0.1, -0.05) is 12.1 Å². The first-order valence-corrected chi connectivity index (χ1v) is 9.29. The molecule has 7 heteroatoms. The van der Waals surface area contributed by atoms with Crippen molar-refractivity contribution in [3.05, 3.63) is 54.9 Å². The van der Waals surface area contributed by atoms with E-state index in [4.69, 9.17) is 0 Å². The van der Waals surface area contributed by atoms with Gasteiger partial charge in [0.25, 0.3) is 0 Å². The number of nitrogens with one attached hydrogen (secondary N) is 2. The number of hydrogen-bond acceptors (Lipinski definition) is 3. The molecule has 1 saturated carbocycles. The van der Waals surface area contributed by atoms with Crippen molar-refractivity contribution in [2.75, 3.05) is 18.4 Å². The van der Waals surface area contributed by atoms with Crippen LogP contribution in [0.2, 0.25) is 0 Å². The number of benzene rings is 2. The Hall–Kier alpha value is -2.08. The lowest BCUT2D eigenvalue weighted by molar-refractivity contribution is -0.118. The zero-order chi connectivity index (χ0) is 17.6. The molecular formula is C21H24Cl2N4O. The summed E-state index contributed by atoms with van der Waals surface area (Å²) in [4.78, 5) is 17.0. The van der Waals surface area contributed by atoms with Gasteiger partial charge in [0.15, 0.2) is 0 Å². The third-order valence-corrected chi connectivity index (χ3v) is 5.97.